The minimum atomic E-state index is -1.16. The van der Waals surface area contributed by atoms with E-state index in [4.69, 9.17) is 26.2 Å². The first-order chi connectivity index (χ1) is 15.9. The maximum atomic E-state index is 12.7. The van der Waals surface area contributed by atoms with Crippen LogP contribution < -0.4 is 4.74 Å². The topological polar surface area (TPSA) is 93.9 Å². The van der Waals surface area contributed by atoms with Crippen LogP contribution in [-0.4, -0.2) is 50.5 Å². The molecule has 8 nitrogen and oxygen atoms in total. The number of piperidine rings is 1. The number of benzene rings is 2. The van der Waals surface area contributed by atoms with E-state index in [1.807, 2.05) is 43.3 Å². The van der Waals surface area contributed by atoms with Gasteiger partial charge in [0.15, 0.2) is 5.69 Å². The van der Waals surface area contributed by atoms with Gasteiger partial charge in [-0.1, -0.05) is 23.7 Å². The summed E-state index contributed by atoms with van der Waals surface area (Å²) in [6.45, 7) is 2.90. The highest BCUT2D eigenvalue weighted by Gasteiger charge is 2.30. The summed E-state index contributed by atoms with van der Waals surface area (Å²) in [7, 11) is 0. The fourth-order valence-electron chi connectivity index (χ4n) is 3.79. The summed E-state index contributed by atoms with van der Waals surface area (Å²) in [5.74, 6) is 0.257. The van der Waals surface area contributed by atoms with Gasteiger partial charge in [-0.2, -0.15) is 9.78 Å². The zero-order valence-corrected chi connectivity index (χ0v) is 18.8. The van der Waals surface area contributed by atoms with Crippen LogP contribution in [0.1, 0.15) is 35.8 Å². The van der Waals surface area contributed by atoms with Gasteiger partial charge in [0.05, 0.1) is 12.7 Å². The van der Waals surface area contributed by atoms with Gasteiger partial charge in [0.25, 0.3) is 0 Å². The number of rotatable bonds is 6. The Hall–Kier alpha value is -3.36. The Kier molecular flexibility index (Phi) is 6.96. The molecule has 1 fully saturated rings. The number of carboxylic acid groups (broad SMARTS) is 1. The van der Waals surface area contributed by atoms with Crippen LogP contribution in [0.5, 0.6) is 11.5 Å². The van der Waals surface area contributed by atoms with Crippen LogP contribution >= 0.6 is 11.6 Å². The number of likely N-dealkylation sites (tertiary alicyclic amines) is 1. The number of amides is 1. The third kappa shape index (κ3) is 5.71. The summed E-state index contributed by atoms with van der Waals surface area (Å²) in [5.41, 5.74) is 0.835. The molecule has 0 radical (unpaired) electrons. The predicted molar refractivity (Wildman–Crippen MR) is 122 cm³/mol. The molecule has 0 spiro atoms. The number of ether oxygens (including phenoxy) is 2. The third-order valence-corrected chi connectivity index (χ3v) is 5.76. The van der Waals surface area contributed by atoms with Crippen molar-refractivity contribution in [2.45, 2.75) is 38.5 Å². The first kappa shape index (κ1) is 22.8. The third-order valence-electron chi connectivity index (χ3n) is 5.51. The van der Waals surface area contributed by atoms with E-state index < -0.39 is 5.97 Å². The van der Waals surface area contributed by atoms with Crippen LogP contribution in [0, 0.1) is 0 Å². The zero-order valence-electron chi connectivity index (χ0n) is 18.1. The lowest BCUT2D eigenvalue weighted by Gasteiger charge is -2.37. The first-order valence-electron chi connectivity index (χ1n) is 10.6. The fraction of sp³-hybridized carbons (Fsp3) is 0.292. The number of carbonyl (C=O) groups excluding carboxylic acids is 1. The molecule has 1 N–H and O–H groups in total. The fourth-order valence-corrected chi connectivity index (χ4v) is 3.92. The maximum Gasteiger partial charge on any atom is 0.356 e. The number of carbonyl (C=O) groups is 2. The van der Waals surface area contributed by atoms with E-state index in [1.165, 1.54) is 12.3 Å². The molecule has 33 heavy (non-hydrogen) atoms. The van der Waals surface area contributed by atoms with Gasteiger partial charge < -0.3 is 19.5 Å². The van der Waals surface area contributed by atoms with Gasteiger partial charge in [-0.15, -0.1) is 0 Å². The van der Waals surface area contributed by atoms with Crippen LogP contribution in [0.3, 0.4) is 0 Å². The lowest BCUT2D eigenvalue weighted by Crippen LogP contribution is -2.48. The second-order valence-corrected chi connectivity index (χ2v) is 8.37. The quantitative estimate of drug-likeness (QED) is 0.542. The number of hydrogen-bond acceptors (Lipinski definition) is 5. The molecule has 1 aliphatic rings. The van der Waals surface area contributed by atoms with E-state index in [9.17, 15) is 9.59 Å². The van der Waals surface area contributed by atoms with Crippen molar-refractivity contribution in [2.24, 2.45) is 0 Å². The minimum absolute atomic E-state index is 0.0112. The minimum Gasteiger partial charge on any atom is -0.476 e. The van der Waals surface area contributed by atoms with Gasteiger partial charge in [-0.3, -0.25) is 0 Å². The molecule has 4 rings (SSSR count). The van der Waals surface area contributed by atoms with Crippen molar-refractivity contribution in [3.8, 4) is 11.5 Å². The zero-order chi connectivity index (χ0) is 23.4. The largest absolute Gasteiger partial charge is 0.476 e. The number of nitrogens with zero attached hydrogens (tertiary/aromatic N) is 3. The van der Waals surface area contributed by atoms with E-state index in [0.29, 0.717) is 42.5 Å². The average molecular weight is 470 g/mol. The number of aromatic carboxylic acids is 1. The second kappa shape index (κ2) is 10.1. The molecule has 1 saturated heterocycles. The van der Waals surface area contributed by atoms with E-state index in [2.05, 4.69) is 5.10 Å². The Balaban J connectivity index is 1.30. The van der Waals surface area contributed by atoms with Gasteiger partial charge in [0.1, 0.15) is 11.5 Å². The molecule has 1 amide bonds. The molecule has 9 heteroatoms. The van der Waals surface area contributed by atoms with Crippen molar-refractivity contribution in [3.05, 3.63) is 77.1 Å². The number of hydrogen-bond donors (Lipinski definition) is 1. The Morgan fingerprint density at radius 2 is 1.94 bits per heavy atom. The summed E-state index contributed by atoms with van der Waals surface area (Å²) < 4.78 is 13.1. The molecule has 3 aromatic rings. The Morgan fingerprint density at radius 1 is 1.15 bits per heavy atom. The normalized spacial score (nSPS) is 18.2. The van der Waals surface area contributed by atoms with Crippen molar-refractivity contribution in [3.63, 3.8) is 0 Å². The van der Waals surface area contributed by atoms with Crippen molar-refractivity contribution >= 4 is 23.6 Å². The lowest BCUT2D eigenvalue weighted by molar-refractivity contribution is -0.0107. The molecule has 0 aliphatic carbocycles. The highest BCUT2D eigenvalue weighted by molar-refractivity contribution is 6.30. The second-order valence-electron chi connectivity index (χ2n) is 7.94. The summed E-state index contributed by atoms with van der Waals surface area (Å²) in [6, 6.07) is 15.8. The van der Waals surface area contributed by atoms with Gasteiger partial charge in [0, 0.05) is 23.8 Å². The van der Waals surface area contributed by atoms with E-state index >= 15 is 0 Å². The molecule has 2 aromatic carbocycles. The van der Waals surface area contributed by atoms with Crippen molar-refractivity contribution in [1.82, 2.24) is 14.7 Å². The standard InChI is InChI=1S/C24H24ClN3O5/c1-16-13-20(9-11-27(16)24(31)28-12-10-22(26-28)23(29)30)32-15-17-3-2-4-21(14-17)33-19-7-5-18(25)6-8-19/h2-8,10,12,14,16,20H,9,11,13,15H2,1H3,(H,29,30)/t16-,20-/m0/s1. The molecule has 1 aliphatic heterocycles. The monoisotopic (exact) mass is 469 g/mol. The van der Waals surface area contributed by atoms with Crippen LogP contribution in [-0.2, 0) is 11.3 Å². The number of halogens is 1. The molecule has 172 valence electrons. The molecular weight excluding hydrogens is 446 g/mol. The Labute approximate surface area is 196 Å². The van der Waals surface area contributed by atoms with E-state index in [-0.39, 0.29) is 23.9 Å². The highest BCUT2D eigenvalue weighted by atomic mass is 35.5. The lowest BCUT2D eigenvalue weighted by atomic mass is 10.0. The van der Waals surface area contributed by atoms with Crippen LogP contribution in [0.25, 0.3) is 0 Å². The van der Waals surface area contributed by atoms with E-state index in [1.54, 1.807) is 17.0 Å². The van der Waals surface area contributed by atoms with Crippen molar-refractivity contribution < 1.29 is 24.2 Å². The summed E-state index contributed by atoms with van der Waals surface area (Å²) in [4.78, 5) is 25.4. The Morgan fingerprint density at radius 3 is 2.64 bits per heavy atom. The molecule has 0 saturated carbocycles. The number of carboxylic acids is 1. The molecular formula is C24H24ClN3O5. The van der Waals surface area contributed by atoms with Crippen LogP contribution in [0.15, 0.2) is 60.8 Å². The summed E-state index contributed by atoms with van der Waals surface area (Å²) in [6.07, 6.45) is 2.75. The van der Waals surface area contributed by atoms with Gasteiger partial charge in [0.2, 0.25) is 0 Å². The van der Waals surface area contributed by atoms with Crippen molar-refractivity contribution in [1.29, 1.82) is 0 Å². The van der Waals surface area contributed by atoms with Gasteiger partial charge >= 0.3 is 12.0 Å². The number of aromatic nitrogens is 2. The predicted octanol–water partition coefficient (Wildman–Crippen LogP) is 5.06. The SMILES string of the molecule is C[C@H]1C[C@@H](OCc2cccc(Oc3ccc(Cl)cc3)c2)CCN1C(=O)n1ccc(C(=O)O)n1. The summed E-state index contributed by atoms with van der Waals surface area (Å²) in [5, 5.41) is 13.5. The first-order valence-corrected chi connectivity index (χ1v) is 11.0. The van der Waals surface area contributed by atoms with Gasteiger partial charge in [-0.25, -0.2) is 9.59 Å². The molecule has 0 unspecified atom stereocenters. The Bertz CT molecular complexity index is 1130. The highest BCUT2D eigenvalue weighted by Crippen LogP contribution is 2.26. The smallest absolute Gasteiger partial charge is 0.356 e. The molecule has 1 aromatic heterocycles. The van der Waals surface area contributed by atoms with E-state index in [0.717, 1.165) is 10.2 Å². The van der Waals surface area contributed by atoms with Crippen LogP contribution in [0.2, 0.25) is 5.02 Å². The average Bonchev–Trinajstić information content (AvgIpc) is 3.30. The van der Waals surface area contributed by atoms with Crippen LogP contribution in [0.4, 0.5) is 4.79 Å². The molecule has 2 atom stereocenters. The van der Waals surface area contributed by atoms with Crippen molar-refractivity contribution in [2.75, 3.05) is 6.54 Å². The summed E-state index contributed by atoms with van der Waals surface area (Å²) >= 11 is 5.92. The molecule has 0 bridgehead atoms. The van der Waals surface area contributed by atoms with Gasteiger partial charge in [-0.05, 0) is 67.8 Å². The maximum absolute atomic E-state index is 12.7. The molecule has 2 heterocycles.